The standard InChI is InChI=1S/C43H59F17O6/c1-4-5-6-7-8-9-10-11-13-16-20-34(35(66-30-62-3)21-17-14-12-15-18-27-63-31(2)61)65-29-32-22-24-33(25-23-32)64-28-19-26-36(44,45)37(46,47)38(48,49)39(50,51)40(52,53)41(54,55)42(56,57)43(58,59)60/h12,14,22-25,34-35H,4-11,13,15-21,26-30H2,1-3H3/b14-12+/t34-,35-/m1/s1. The second-order valence-electron chi connectivity index (χ2n) is 15.7. The minimum atomic E-state index is -8.66. The van der Waals surface area contributed by atoms with Gasteiger partial charge >= 0.3 is 53.6 Å². The molecule has 0 aliphatic heterocycles. The summed E-state index contributed by atoms with van der Waals surface area (Å²) in [4.78, 5) is 10.9. The van der Waals surface area contributed by atoms with Crippen molar-refractivity contribution in [1.29, 1.82) is 0 Å². The van der Waals surface area contributed by atoms with Crippen molar-refractivity contribution in [3.8, 4) is 5.75 Å². The number of methoxy groups -OCH3 is 1. The normalized spacial score (nSPS) is 14.8. The lowest BCUT2D eigenvalue weighted by molar-refractivity contribution is -0.461. The molecule has 386 valence electrons. The molecule has 0 saturated heterocycles. The van der Waals surface area contributed by atoms with Crippen LogP contribution >= 0.6 is 0 Å². The fourth-order valence-electron chi connectivity index (χ4n) is 6.38. The van der Waals surface area contributed by atoms with Crippen LogP contribution < -0.4 is 4.74 Å². The van der Waals surface area contributed by atoms with Gasteiger partial charge in [-0.05, 0) is 56.2 Å². The summed E-state index contributed by atoms with van der Waals surface area (Å²) in [6.07, 6.45) is 5.42. The molecule has 0 aromatic heterocycles. The Bertz CT molecular complexity index is 1540. The molecule has 0 aliphatic rings. The number of esters is 1. The number of halogens is 17. The van der Waals surface area contributed by atoms with Crippen LogP contribution in [-0.2, 0) is 30.3 Å². The first-order valence-corrected chi connectivity index (χ1v) is 21.4. The van der Waals surface area contributed by atoms with Crippen molar-refractivity contribution in [1.82, 2.24) is 0 Å². The van der Waals surface area contributed by atoms with Gasteiger partial charge in [-0.15, -0.1) is 0 Å². The van der Waals surface area contributed by atoms with Gasteiger partial charge < -0.3 is 23.7 Å². The van der Waals surface area contributed by atoms with E-state index in [1.165, 1.54) is 70.4 Å². The third-order valence-corrected chi connectivity index (χ3v) is 10.3. The van der Waals surface area contributed by atoms with E-state index >= 15 is 0 Å². The highest BCUT2D eigenvalue weighted by atomic mass is 19.4. The van der Waals surface area contributed by atoms with Gasteiger partial charge in [0, 0.05) is 20.5 Å². The number of alkyl halides is 17. The van der Waals surface area contributed by atoms with E-state index < -0.39 is 79.3 Å². The lowest BCUT2D eigenvalue weighted by atomic mass is 9.88. The summed E-state index contributed by atoms with van der Waals surface area (Å²) in [6.45, 7) is 2.71. The Morgan fingerprint density at radius 2 is 1.05 bits per heavy atom. The van der Waals surface area contributed by atoms with Crippen molar-refractivity contribution in [2.24, 2.45) is 0 Å². The second kappa shape index (κ2) is 27.2. The average molecular weight is 995 g/mol. The molecule has 1 rings (SSSR count). The molecule has 0 fully saturated rings. The zero-order valence-corrected chi connectivity index (χ0v) is 36.8. The molecule has 0 amide bonds. The monoisotopic (exact) mass is 994 g/mol. The van der Waals surface area contributed by atoms with Crippen LogP contribution in [0.15, 0.2) is 36.4 Å². The lowest BCUT2D eigenvalue weighted by Crippen LogP contribution is -2.74. The quantitative estimate of drug-likeness (QED) is 0.0219. The van der Waals surface area contributed by atoms with Crippen LogP contribution in [0.2, 0.25) is 0 Å². The minimum Gasteiger partial charge on any atom is -0.494 e. The number of hydrogen-bond donors (Lipinski definition) is 0. The number of allylic oxidation sites excluding steroid dienone is 2. The van der Waals surface area contributed by atoms with E-state index in [9.17, 15) is 79.4 Å². The topological polar surface area (TPSA) is 63.2 Å². The summed E-state index contributed by atoms with van der Waals surface area (Å²) in [5.74, 6) is -57.0. The number of unbranched alkanes of at least 4 members (excludes halogenated alkanes) is 10. The van der Waals surface area contributed by atoms with Crippen LogP contribution in [0.1, 0.15) is 129 Å². The third-order valence-electron chi connectivity index (χ3n) is 10.3. The highest BCUT2D eigenvalue weighted by Crippen LogP contribution is 2.64. The van der Waals surface area contributed by atoms with Gasteiger partial charge in [0.15, 0.2) is 0 Å². The molecule has 0 aliphatic carbocycles. The molecule has 1 aromatic carbocycles. The largest absolute Gasteiger partial charge is 0.494 e. The van der Waals surface area contributed by atoms with Crippen LogP contribution in [0.4, 0.5) is 74.6 Å². The molecule has 0 spiro atoms. The Kier molecular flexibility index (Phi) is 25.1. The van der Waals surface area contributed by atoms with Gasteiger partial charge in [0.25, 0.3) is 0 Å². The summed E-state index contributed by atoms with van der Waals surface area (Å²) in [5, 5.41) is 0. The van der Waals surface area contributed by atoms with Gasteiger partial charge in [-0.25, -0.2) is 0 Å². The zero-order valence-electron chi connectivity index (χ0n) is 36.8. The van der Waals surface area contributed by atoms with Crippen molar-refractivity contribution in [2.45, 2.75) is 189 Å². The Morgan fingerprint density at radius 1 is 0.561 bits per heavy atom. The van der Waals surface area contributed by atoms with Crippen LogP contribution in [0.25, 0.3) is 0 Å². The van der Waals surface area contributed by atoms with E-state index in [1.54, 1.807) is 0 Å². The van der Waals surface area contributed by atoms with E-state index in [0.717, 1.165) is 32.1 Å². The maximum Gasteiger partial charge on any atom is 0.460 e. The van der Waals surface area contributed by atoms with Crippen LogP contribution in [-0.4, -0.2) is 92.9 Å². The maximum absolute atomic E-state index is 14.3. The summed E-state index contributed by atoms with van der Waals surface area (Å²) < 4.78 is 258. The molecule has 6 nitrogen and oxygen atoms in total. The fourth-order valence-corrected chi connectivity index (χ4v) is 6.38. The van der Waals surface area contributed by atoms with Crippen molar-refractivity contribution >= 4 is 5.97 Å². The first kappa shape index (κ1) is 60.9. The summed E-state index contributed by atoms with van der Waals surface area (Å²) in [6, 6.07) is 5.39. The van der Waals surface area contributed by atoms with Crippen molar-refractivity contribution in [3.63, 3.8) is 0 Å². The molecule has 0 N–H and O–H groups in total. The molecule has 1 aromatic rings. The molecule has 2 atom stereocenters. The van der Waals surface area contributed by atoms with E-state index in [0.29, 0.717) is 44.3 Å². The number of rotatable bonds is 36. The number of carbonyl (C=O) groups excluding carboxylic acids is 1. The van der Waals surface area contributed by atoms with Crippen LogP contribution in [0.5, 0.6) is 5.75 Å². The second-order valence-corrected chi connectivity index (χ2v) is 15.7. The highest BCUT2D eigenvalue weighted by Gasteiger charge is 2.95. The molecule has 0 bridgehead atoms. The highest BCUT2D eigenvalue weighted by molar-refractivity contribution is 5.65. The minimum absolute atomic E-state index is 0.0144. The maximum atomic E-state index is 14.3. The first-order chi connectivity index (χ1) is 30.5. The van der Waals surface area contributed by atoms with Crippen LogP contribution in [0, 0.1) is 0 Å². The number of carbonyl (C=O) groups is 1. The van der Waals surface area contributed by atoms with Crippen molar-refractivity contribution in [3.05, 3.63) is 42.0 Å². The van der Waals surface area contributed by atoms with Crippen LogP contribution in [0.3, 0.4) is 0 Å². The first-order valence-electron chi connectivity index (χ1n) is 21.4. The average Bonchev–Trinajstić information content (AvgIpc) is 3.22. The fraction of sp³-hybridized carbons (Fsp3) is 0.791. The predicted octanol–water partition coefficient (Wildman–Crippen LogP) is 14.7. The van der Waals surface area contributed by atoms with E-state index in [-0.39, 0.29) is 25.1 Å². The SMILES string of the molecule is CCCCCCCCCCCC[C@@H](OCc1ccc(OCCCC(F)(F)C(F)(F)C(F)(F)C(F)(F)C(F)(F)C(F)(F)C(F)(F)C(F)(F)F)cc1)[C@@H](CC/C=C/CCCOC(C)=O)OCOC. The Morgan fingerprint density at radius 3 is 1.56 bits per heavy atom. The Labute approximate surface area is 373 Å². The van der Waals surface area contributed by atoms with Gasteiger partial charge in [-0.2, -0.15) is 74.6 Å². The summed E-state index contributed by atoms with van der Waals surface area (Å²) in [7, 11) is 1.46. The number of hydrogen-bond acceptors (Lipinski definition) is 6. The molecule has 0 unspecified atom stereocenters. The predicted molar refractivity (Wildman–Crippen MR) is 208 cm³/mol. The van der Waals surface area contributed by atoms with E-state index in [4.69, 9.17) is 23.7 Å². The molecular weight excluding hydrogens is 935 g/mol. The Balaban J connectivity index is 2.99. The van der Waals surface area contributed by atoms with Gasteiger partial charge in [0.2, 0.25) is 0 Å². The van der Waals surface area contributed by atoms with Gasteiger partial charge in [0.05, 0.1) is 32.0 Å². The lowest BCUT2D eigenvalue weighted by Gasteiger charge is -2.42. The van der Waals surface area contributed by atoms with Crippen molar-refractivity contribution < 1.29 is 103 Å². The molecule has 66 heavy (non-hydrogen) atoms. The third kappa shape index (κ3) is 16.9. The summed E-state index contributed by atoms with van der Waals surface area (Å²) >= 11 is 0. The van der Waals surface area contributed by atoms with Gasteiger partial charge in [-0.3, -0.25) is 4.79 Å². The van der Waals surface area contributed by atoms with E-state index in [1.807, 2.05) is 12.2 Å². The van der Waals surface area contributed by atoms with Gasteiger partial charge in [0.1, 0.15) is 12.5 Å². The molecule has 23 heteroatoms. The summed E-state index contributed by atoms with van der Waals surface area (Å²) in [5.41, 5.74) is 0.540. The molecule has 0 radical (unpaired) electrons. The zero-order chi connectivity index (χ0) is 50.5. The molecule has 0 heterocycles. The van der Waals surface area contributed by atoms with Gasteiger partial charge in [-0.1, -0.05) is 95.4 Å². The van der Waals surface area contributed by atoms with E-state index in [2.05, 4.69) is 6.92 Å². The molecular formula is C43H59F17O6. The van der Waals surface area contributed by atoms with Crippen molar-refractivity contribution in [2.75, 3.05) is 27.1 Å². The number of benzene rings is 1. The number of ether oxygens (including phenoxy) is 5. The smallest absolute Gasteiger partial charge is 0.460 e. The molecule has 0 saturated carbocycles. The Hall–Kier alpha value is -3.08.